The Labute approximate surface area is 173 Å². The Morgan fingerprint density at radius 3 is 2.90 bits per heavy atom. The number of amides is 2. The van der Waals surface area contributed by atoms with Gasteiger partial charge in [-0.1, -0.05) is 30.3 Å². The molecular formula is C22H21N5O3. The summed E-state index contributed by atoms with van der Waals surface area (Å²) in [6, 6.07) is 11.5. The highest BCUT2D eigenvalue weighted by atomic mass is 16.5. The summed E-state index contributed by atoms with van der Waals surface area (Å²) < 4.78 is 8.21. The normalized spacial score (nSPS) is 27.7. The summed E-state index contributed by atoms with van der Waals surface area (Å²) in [6.07, 6.45) is 4.02. The van der Waals surface area contributed by atoms with Gasteiger partial charge in [0.2, 0.25) is 5.91 Å². The second-order valence-corrected chi connectivity index (χ2v) is 8.19. The van der Waals surface area contributed by atoms with Crippen LogP contribution in [0.2, 0.25) is 0 Å². The quantitative estimate of drug-likeness (QED) is 0.654. The highest BCUT2D eigenvalue weighted by Gasteiger charge is 2.65. The molecule has 1 aromatic carbocycles. The number of fused-ring (bicyclic) bond motifs is 1. The van der Waals surface area contributed by atoms with Crippen LogP contribution < -0.4 is 0 Å². The molecule has 3 saturated heterocycles. The van der Waals surface area contributed by atoms with Crippen LogP contribution in [0.3, 0.4) is 0 Å². The van der Waals surface area contributed by atoms with Gasteiger partial charge in [0.1, 0.15) is 6.10 Å². The first-order valence-corrected chi connectivity index (χ1v) is 10.2. The average molecular weight is 403 g/mol. The fourth-order valence-electron chi connectivity index (χ4n) is 5.26. The van der Waals surface area contributed by atoms with Crippen LogP contribution in [0.15, 0.2) is 48.8 Å². The third kappa shape index (κ3) is 2.25. The van der Waals surface area contributed by atoms with E-state index in [4.69, 9.17) is 4.74 Å². The van der Waals surface area contributed by atoms with Crippen LogP contribution in [-0.2, 0) is 9.53 Å². The zero-order chi connectivity index (χ0) is 20.5. The highest BCUT2D eigenvalue weighted by Crippen LogP contribution is 2.50. The lowest BCUT2D eigenvalue weighted by molar-refractivity contribution is -0.138. The van der Waals surface area contributed by atoms with Gasteiger partial charge in [-0.2, -0.15) is 5.10 Å². The summed E-state index contributed by atoms with van der Waals surface area (Å²) >= 11 is 0. The minimum Gasteiger partial charge on any atom is -0.343 e. The molecule has 152 valence electrons. The van der Waals surface area contributed by atoms with Gasteiger partial charge in [0, 0.05) is 25.2 Å². The van der Waals surface area contributed by atoms with Crippen molar-refractivity contribution in [2.75, 3.05) is 13.1 Å². The van der Waals surface area contributed by atoms with Crippen LogP contribution in [-0.4, -0.2) is 61.1 Å². The predicted molar refractivity (Wildman–Crippen MR) is 106 cm³/mol. The number of carbonyl (C=O) groups is 2. The molecule has 3 aliphatic rings. The van der Waals surface area contributed by atoms with Crippen molar-refractivity contribution < 1.29 is 14.3 Å². The molecule has 0 radical (unpaired) electrons. The lowest BCUT2D eigenvalue weighted by Crippen LogP contribution is -2.48. The molecule has 30 heavy (non-hydrogen) atoms. The second-order valence-electron chi connectivity index (χ2n) is 8.19. The van der Waals surface area contributed by atoms with E-state index in [2.05, 4.69) is 10.1 Å². The molecule has 0 bridgehead atoms. The third-order valence-electron chi connectivity index (χ3n) is 6.75. The molecular weight excluding hydrogens is 382 g/mol. The van der Waals surface area contributed by atoms with Crippen molar-refractivity contribution in [2.24, 2.45) is 0 Å². The number of hydrogen-bond acceptors (Lipinski definition) is 5. The Bertz CT molecular complexity index is 1180. The Morgan fingerprint density at radius 2 is 2.07 bits per heavy atom. The van der Waals surface area contributed by atoms with Crippen LogP contribution in [0, 0.1) is 6.92 Å². The van der Waals surface area contributed by atoms with Crippen molar-refractivity contribution in [2.45, 2.75) is 37.6 Å². The summed E-state index contributed by atoms with van der Waals surface area (Å²) in [6.45, 7) is 2.94. The number of ether oxygens (including phenoxy) is 1. The molecule has 3 aliphatic heterocycles. The van der Waals surface area contributed by atoms with Crippen LogP contribution in [0.1, 0.15) is 40.6 Å². The summed E-state index contributed by atoms with van der Waals surface area (Å²) in [5.41, 5.74) is 2.28. The van der Waals surface area contributed by atoms with Gasteiger partial charge < -0.3 is 14.5 Å². The highest BCUT2D eigenvalue weighted by molar-refractivity contribution is 5.96. The third-order valence-corrected chi connectivity index (χ3v) is 6.75. The zero-order valence-electron chi connectivity index (χ0n) is 16.6. The van der Waals surface area contributed by atoms with Crippen molar-refractivity contribution in [1.82, 2.24) is 24.4 Å². The van der Waals surface area contributed by atoms with E-state index in [-0.39, 0.29) is 24.0 Å². The lowest BCUT2D eigenvalue weighted by atomic mass is 10.1. The fraction of sp³-hybridized carbons (Fsp3) is 0.364. The largest absolute Gasteiger partial charge is 0.343 e. The SMILES string of the molecule is Cc1c(C(=O)N2CC[C@@]34O[C@@H](c5ccccc5)CN3C(=O)C[C@@H]24)cnc2ccnn12. The maximum Gasteiger partial charge on any atom is 0.257 e. The fourth-order valence-corrected chi connectivity index (χ4v) is 5.26. The first kappa shape index (κ1) is 17.6. The minimum atomic E-state index is -0.732. The van der Waals surface area contributed by atoms with E-state index < -0.39 is 5.72 Å². The van der Waals surface area contributed by atoms with Crippen LogP contribution in [0.5, 0.6) is 0 Å². The molecule has 3 atom stereocenters. The van der Waals surface area contributed by atoms with E-state index in [0.29, 0.717) is 37.1 Å². The van der Waals surface area contributed by atoms with Crippen molar-refractivity contribution in [3.05, 3.63) is 65.6 Å². The number of likely N-dealkylation sites (tertiary alicyclic amines) is 1. The monoisotopic (exact) mass is 403 g/mol. The van der Waals surface area contributed by atoms with Gasteiger partial charge in [0.05, 0.1) is 36.5 Å². The lowest BCUT2D eigenvalue weighted by Gasteiger charge is -2.32. The summed E-state index contributed by atoms with van der Waals surface area (Å²) in [5, 5.41) is 4.26. The van der Waals surface area contributed by atoms with Gasteiger partial charge >= 0.3 is 0 Å². The molecule has 5 heterocycles. The molecule has 8 heteroatoms. The summed E-state index contributed by atoms with van der Waals surface area (Å²) in [4.78, 5) is 34.3. The van der Waals surface area contributed by atoms with Gasteiger partial charge in [0.25, 0.3) is 5.91 Å². The smallest absolute Gasteiger partial charge is 0.257 e. The maximum absolute atomic E-state index is 13.5. The summed E-state index contributed by atoms with van der Waals surface area (Å²) in [7, 11) is 0. The van der Waals surface area contributed by atoms with Gasteiger partial charge in [-0.05, 0) is 12.5 Å². The van der Waals surface area contributed by atoms with Crippen LogP contribution in [0.25, 0.3) is 5.65 Å². The molecule has 0 N–H and O–H groups in total. The van der Waals surface area contributed by atoms with Crippen LogP contribution in [0.4, 0.5) is 0 Å². The molecule has 2 aromatic heterocycles. The Balaban J connectivity index is 1.33. The number of rotatable bonds is 2. The molecule has 1 spiro atoms. The molecule has 0 aliphatic carbocycles. The zero-order valence-corrected chi connectivity index (χ0v) is 16.6. The van der Waals surface area contributed by atoms with Crippen LogP contribution >= 0.6 is 0 Å². The Morgan fingerprint density at radius 1 is 1.23 bits per heavy atom. The minimum absolute atomic E-state index is 0.0494. The molecule has 2 amide bonds. The predicted octanol–water partition coefficient (Wildman–Crippen LogP) is 1.95. The van der Waals surface area contributed by atoms with E-state index in [1.54, 1.807) is 27.9 Å². The van der Waals surface area contributed by atoms with Gasteiger partial charge in [0.15, 0.2) is 11.4 Å². The molecule has 6 rings (SSSR count). The standard InChI is InChI=1S/C22H21N5O3/c1-14-16(12-23-19-7-9-24-27(14)19)21(29)25-10-8-22-18(25)11-20(28)26(22)13-17(30-22)15-5-3-2-4-6-15/h2-7,9,12,17-18H,8,10-11,13H2,1H3/t17-,18-,22+/m1/s1. The summed E-state index contributed by atoms with van der Waals surface area (Å²) in [5.74, 6) is -0.0750. The van der Waals surface area contributed by atoms with E-state index >= 15 is 0 Å². The molecule has 3 aromatic rings. The van der Waals surface area contributed by atoms with E-state index in [9.17, 15) is 9.59 Å². The topological polar surface area (TPSA) is 80.0 Å². The van der Waals surface area contributed by atoms with Crippen molar-refractivity contribution in [1.29, 1.82) is 0 Å². The average Bonchev–Trinajstić information content (AvgIpc) is 3.50. The van der Waals surface area contributed by atoms with E-state index in [1.165, 1.54) is 0 Å². The number of aromatic nitrogens is 3. The number of carbonyl (C=O) groups excluding carboxylic acids is 2. The molecule has 0 saturated carbocycles. The molecule has 8 nitrogen and oxygen atoms in total. The van der Waals surface area contributed by atoms with Crippen molar-refractivity contribution >= 4 is 17.5 Å². The van der Waals surface area contributed by atoms with Crippen molar-refractivity contribution in [3.63, 3.8) is 0 Å². The van der Waals surface area contributed by atoms with Gasteiger partial charge in [-0.3, -0.25) is 9.59 Å². The number of nitrogens with zero attached hydrogens (tertiary/aromatic N) is 5. The number of aryl methyl sites for hydroxylation is 1. The van der Waals surface area contributed by atoms with Gasteiger partial charge in [-0.15, -0.1) is 0 Å². The molecule has 0 unspecified atom stereocenters. The Kier molecular flexibility index (Phi) is 3.59. The number of hydrogen-bond donors (Lipinski definition) is 0. The number of benzene rings is 1. The van der Waals surface area contributed by atoms with Crippen molar-refractivity contribution in [3.8, 4) is 0 Å². The maximum atomic E-state index is 13.5. The Hall–Kier alpha value is -3.26. The molecule has 3 fully saturated rings. The second kappa shape index (κ2) is 6.12. The van der Waals surface area contributed by atoms with Gasteiger partial charge in [-0.25, -0.2) is 9.50 Å². The first-order chi connectivity index (χ1) is 14.6. The van der Waals surface area contributed by atoms with E-state index in [1.807, 2.05) is 42.2 Å². The first-order valence-electron chi connectivity index (χ1n) is 10.2. The van der Waals surface area contributed by atoms with E-state index in [0.717, 1.165) is 11.3 Å².